The van der Waals surface area contributed by atoms with Crippen molar-refractivity contribution in [2.75, 3.05) is 26.2 Å². The first kappa shape index (κ1) is 21.6. The highest BCUT2D eigenvalue weighted by atomic mass is 35.5. The van der Waals surface area contributed by atoms with Crippen LogP contribution >= 0.6 is 11.6 Å². The van der Waals surface area contributed by atoms with E-state index in [0.29, 0.717) is 29.8 Å². The molecular formula is C23H31ClFN3O2. The molecule has 0 bridgehead atoms. The van der Waals surface area contributed by atoms with Gasteiger partial charge < -0.3 is 19.9 Å². The number of nitrogens with zero attached hydrogens (tertiary/aromatic N) is 2. The molecule has 0 radical (unpaired) electrons. The van der Waals surface area contributed by atoms with Gasteiger partial charge in [-0.05, 0) is 64.3 Å². The number of halogens is 2. The molecule has 7 heteroatoms. The predicted octanol–water partition coefficient (Wildman–Crippen LogP) is 4.15. The van der Waals surface area contributed by atoms with Crippen LogP contribution in [0.15, 0.2) is 24.4 Å². The number of carbonyl (C=O) groups excluding carboxylic acids is 1. The quantitative estimate of drug-likeness (QED) is 0.716. The molecule has 30 heavy (non-hydrogen) atoms. The van der Waals surface area contributed by atoms with Gasteiger partial charge >= 0.3 is 0 Å². The average molecular weight is 436 g/mol. The van der Waals surface area contributed by atoms with Crippen molar-refractivity contribution in [3.63, 3.8) is 0 Å². The van der Waals surface area contributed by atoms with Crippen LogP contribution in [0.5, 0.6) is 0 Å². The summed E-state index contributed by atoms with van der Waals surface area (Å²) in [5.41, 5.74) is -1.18. The second kappa shape index (κ2) is 8.48. The fraction of sp³-hybridized carbons (Fsp3) is 0.609. The van der Waals surface area contributed by atoms with Crippen LogP contribution in [0.4, 0.5) is 4.39 Å². The number of aliphatic hydroxyl groups is 1. The number of hydrogen-bond donors (Lipinski definition) is 2. The molecule has 1 aromatic heterocycles. The topological polar surface area (TPSA) is 57.5 Å². The molecule has 2 aliphatic rings. The molecule has 2 aromatic rings. The Labute approximate surface area is 182 Å². The summed E-state index contributed by atoms with van der Waals surface area (Å²) in [5.74, 6) is -0.285. The Morgan fingerprint density at radius 1 is 1.23 bits per heavy atom. The maximum absolute atomic E-state index is 14.4. The molecule has 1 saturated carbocycles. The van der Waals surface area contributed by atoms with Crippen LogP contribution in [0.1, 0.15) is 55.8 Å². The van der Waals surface area contributed by atoms with Gasteiger partial charge in [-0.15, -0.1) is 0 Å². The van der Waals surface area contributed by atoms with Crippen LogP contribution in [0, 0.1) is 0 Å². The first-order chi connectivity index (χ1) is 14.3. The minimum absolute atomic E-state index is 0.0379. The maximum atomic E-state index is 14.4. The molecule has 2 N–H and O–H groups in total. The summed E-state index contributed by atoms with van der Waals surface area (Å²) >= 11 is 6.46. The standard InChI is InChI=1S/C23H31ClFN3O2/c1-22(25)8-5-9-23(30,15-22)16-26-21(29)17-14-28(13-12-27-10-2-3-11-27)19-7-4-6-18(24)20(17)19/h4,6-7,14,30H,2-3,5,8-13,15-16H2,1H3,(H,26,29)/t22?,23-/m1/s1. The van der Waals surface area contributed by atoms with Crippen molar-refractivity contribution in [3.05, 3.63) is 35.0 Å². The van der Waals surface area contributed by atoms with E-state index in [0.717, 1.165) is 37.1 Å². The molecular weight excluding hydrogens is 405 g/mol. The van der Waals surface area contributed by atoms with Gasteiger partial charge in [0.05, 0.1) is 21.7 Å². The van der Waals surface area contributed by atoms with Crippen LogP contribution in [0.25, 0.3) is 10.9 Å². The van der Waals surface area contributed by atoms with Crippen molar-refractivity contribution >= 4 is 28.4 Å². The van der Waals surface area contributed by atoms with E-state index in [9.17, 15) is 14.3 Å². The van der Waals surface area contributed by atoms with Gasteiger partial charge in [-0.2, -0.15) is 0 Å². The summed E-state index contributed by atoms with van der Waals surface area (Å²) < 4.78 is 16.5. The van der Waals surface area contributed by atoms with Gasteiger partial charge in [-0.1, -0.05) is 17.7 Å². The van der Waals surface area contributed by atoms with Gasteiger partial charge in [0.15, 0.2) is 0 Å². The molecule has 2 atom stereocenters. The predicted molar refractivity (Wildman–Crippen MR) is 118 cm³/mol. The smallest absolute Gasteiger partial charge is 0.253 e. The molecule has 1 amide bonds. The largest absolute Gasteiger partial charge is 0.388 e. The third kappa shape index (κ3) is 4.66. The number of hydrogen-bond acceptors (Lipinski definition) is 3. The lowest BCUT2D eigenvalue weighted by Gasteiger charge is -2.38. The molecule has 1 unspecified atom stereocenters. The number of amides is 1. The van der Waals surface area contributed by atoms with Gasteiger partial charge in [0, 0.05) is 37.6 Å². The van der Waals surface area contributed by atoms with E-state index >= 15 is 0 Å². The van der Waals surface area contributed by atoms with Crippen LogP contribution in [-0.4, -0.2) is 57.9 Å². The Hall–Kier alpha value is -1.63. The molecule has 1 aliphatic carbocycles. The molecule has 1 saturated heterocycles. The SMILES string of the molecule is CC1(F)CCC[C@](O)(CNC(=O)c2cn(CCN3CCCC3)c3cccc(Cl)c23)C1. The Balaban J connectivity index is 1.51. The van der Waals surface area contributed by atoms with Crippen LogP contribution < -0.4 is 5.32 Å². The summed E-state index contributed by atoms with van der Waals surface area (Å²) in [6.07, 6.45) is 5.93. The zero-order valence-corrected chi connectivity index (χ0v) is 18.3. The van der Waals surface area contributed by atoms with E-state index < -0.39 is 11.3 Å². The Kier molecular flexibility index (Phi) is 6.11. The van der Waals surface area contributed by atoms with Gasteiger partial charge in [0.1, 0.15) is 5.67 Å². The zero-order valence-electron chi connectivity index (χ0n) is 17.6. The monoisotopic (exact) mass is 435 g/mol. The molecule has 1 aliphatic heterocycles. The van der Waals surface area contributed by atoms with Crippen molar-refractivity contribution in [3.8, 4) is 0 Å². The fourth-order valence-corrected chi connectivity index (χ4v) is 5.33. The van der Waals surface area contributed by atoms with E-state index in [4.69, 9.17) is 11.6 Å². The molecule has 164 valence electrons. The average Bonchev–Trinajstić information content (AvgIpc) is 3.32. The van der Waals surface area contributed by atoms with Crippen LogP contribution in [-0.2, 0) is 6.54 Å². The second-order valence-corrected chi connectivity index (χ2v) is 9.68. The number of rotatable bonds is 6. The van der Waals surface area contributed by atoms with Crippen molar-refractivity contribution < 1.29 is 14.3 Å². The summed E-state index contributed by atoms with van der Waals surface area (Å²) in [7, 11) is 0. The lowest BCUT2D eigenvalue weighted by Crippen LogP contribution is -2.49. The first-order valence-electron chi connectivity index (χ1n) is 11.0. The van der Waals surface area contributed by atoms with Gasteiger partial charge in [0.2, 0.25) is 0 Å². The molecule has 2 heterocycles. The van der Waals surface area contributed by atoms with Gasteiger partial charge in [0.25, 0.3) is 5.91 Å². The summed E-state index contributed by atoms with van der Waals surface area (Å²) in [6, 6.07) is 5.66. The Morgan fingerprint density at radius 3 is 2.73 bits per heavy atom. The maximum Gasteiger partial charge on any atom is 0.253 e. The number of benzene rings is 1. The number of nitrogens with one attached hydrogen (secondary N) is 1. The first-order valence-corrected chi connectivity index (χ1v) is 11.3. The summed E-state index contributed by atoms with van der Waals surface area (Å²) in [4.78, 5) is 15.5. The normalized spacial score (nSPS) is 27.6. The fourth-order valence-electron chi connectivity index (χ4n) is 5.06. The van der Waals surface area contributed by atoms with E-state index in [1.54, 1.807) is 6.07 Å². The van der Waals surface area contributed by atoms with Crippen LogP contribution in [0.2, 0.25) is 5.02 Å². The van der Waals surface area contributed by atoms with Gasteiger partial charge in [-0.25, -0.2) is 4.39 Å². The highest BCUT2D eigenvalue weighted by Crippen LogP contribution is 2.37. The Bertz CT molecular complexity index is 923. The highest BCUT2D eigenvalue weighted by molar-refractivity contribution is 6.36. The van der Waals surface area contributed by atoms with E-state index in [1.165, 1.54) is 19.8 Å². The lowest BCUT2D eigenvalue weighted by atomic mass is 9.77. The minimum atomic E-state index is -1.40. The van der Waals surface area contributed by atoms with Gasteiger partial charge in [-0.3, -0.25) is 4.79 Å². The lowest BCUT2D eigenvalue weighted by molar-refractivity contribution is -0.0533. The van der Waals surface area contributed by atoms with Crippen molar-refractivity contribution in [2.45, 2.75) is 63.3 Å². The van der Waals surface area contributed by atoms with Crippen molar-refractivity contribution in [2.24, 2.45) is 0 Å². The number of likely N-dealkylation sites (tertiary alicyclic amines) is 1. The third-order valence-corrected chi connectivity index (χ3v) is 6.89. The minimum Gasteiger partial charge on any atom is -0.388 e. The second-order valence-electron chi connectivity index (χ2n) is 9.27. The molecule has 0 spiro atoms. The van der Waals surface area contributed by atoms with Crippen molar-refractivity contribution in [1.82, 2.24) is 14.8 Å². The number of aromatic nitrogens is 1. The number of alkyl halides is 1. The molecule has 1 aromatic carbocycles. The number of carbonyl (C=O) groups is 1. The summed E-state index contributed by atoms with van der Waals surface area (Å²) in [5, 5.41) is 14.9. The van der Waals surface area contributed by atoms with E-state index in [-0.39, 0.29) is 18.9 Å². The van der Waals surface area contributed by atoms with Crippen molar-refractivity contribution in [1.29, 1.82) is 0 Å². The number of fused-ring (bicyclic) bond motifs is 1. The molecule has 2 fully saturated rings. The third-order valence-electron chi connectivity index (χ3n) is 6.57. The molecule has 4 rings (SSSR count). The molecule has 5 nitrogen and oxygen atoms in total. The van der Waals surface area contributed by atoms with E-state index in [1.807, 2.05) is 18.3 Å². The highest BCUT2D eigenvalue weighted by Gasteiger charge is 2.41. The zero-order chi connectivity index (χ0) is 21.4. The van der Waals surface area contributed by atoms with Crippen LogP contribution in [0.3, 0.4) is 0 Å². The van der Waals surface area contributed by atoms with E-state index in [2.05, 4.69) is 14.8 Å². The summed E-state index contributed by atoms with van der Waals surface area (Å²) in [6.45, 7) is 5.53. The Morgan fingerprint density at radius 2 is 2.00 bits per heavy atom.